The van der Waals surface area contributed by atoms with E-state index in [0.717, 1.165) is 18.7 Å². The second kappa shape index (κ2) is 9.41. The summed E-state index contributed by atoms with van der Waals surface area (Å²) in [5, 5.41) is 0. The van der Waals surface area contributed by atoms with Crippen LogP contribution in [0.2, 0.25) is 0 Å². The standard InChI is InChI=1S/C19H31N3O3S2/c1-14-6-7-15(2)18(12-14)27(24,25)20-17(8-11-26-5)19(23)22-10-9-21(4)13-16(22)3/h6-7,12,16-17,20H,8-11,13H2,1-5H3. The van der Waals surface area contributed by atoms with Crippen LogP contribution in [0.15, 0.2) is 23.1 Å². The van der Waals surface area contributed by atoms with Crippen LogP contribution in [0.5, 0.6) is 0 Å². The Hall–Kier alpha value is -1.09. The molecule has 1 fully saturated rings. The number of carbonyl (C=O) groups is 1. The van der Waals surface area contributed by atoms with Crippen molar-refractivity contribution >= 4 is 27.7 Å². The van der Waals surface area contributed by atoms with Crippen molar-refractivity contribution in [2.45, 2.75) is 44.2 Å². The molecule has 1 aliphatic rings. The third-order valence-electron chi connectivity index (χ3n) is 4.95. The molecular weight excluding hydrogens is 382 g/mol. The molecule has 152 valence electrons. The summed E-state index contributed by atoms with van der Waals surface area (Å²) in [6.45, 7) is 7.87. The summed E-state index contributed by atoms with van der Waals surface area (Å²) in [7, 11) is -1.74. The fourth-order valence-electron chi connectivity index (χ4n) is 3.38. The van der Waals surface area contributed by atoms with Gasteiger partial charge in [0.1, 0.15) is 6.04 Å². The number of carbonyl (C=O) groups excluding carboxylic acids is 1. The van der Waals surface area contributed by atoms with E-state index in [1.165, 1.54) is 0 Å². The first kappa shape index (κ1) is 22.2. The molecule has 0 saturated carbocycles. The number of benzene rings is 1. The molecule has 1 aromatic rings. The molecule has 0 bridgehead atoms. The Balaban J connectivity index is 2.25. The Morgan fingerprint density at radius 1 is 1.33 bits per heavy atom. The summed E-state index contributed by atoms with van der Waals surface area (Å²) in [6, 6.07) is 4.67. The molecule has 27 heavy (non-hydrogen) atoms. The maximum atomic E-state index is 13.2. The summed E-state index contributed by atoms with van der Waals surface area (Å²) in [5.74, 6) is 0.590. The van der Waals surface area contributed by atoms with E-state index < -0.39 is 16.1 Å². The Labute approximate surface area is 167 Å². The van der Waals surface area contributed by atoms with E-state index in [2.05, 4.69) is 9.62 Å². The fraction of sp³-hybridized carbons (Fsp3) is 0.632. The maximum Gasteiger partial charge on any atom is 0.241 e. The van der Waals surface area contributed by atoms with Crippen LogP contribution in [-0.2, 0) is 14.8 Å². The highest BCUT2D eigenvalue weighted by molar-refractivity contribution is 7.98. The predicted octanol–water partition coefficient (Wildman–Crippen LogP) is 1.87. The summed E-state index contributed by atoms with van der Waals surface area (Å²) >= 11 is 1.61. The van der Waals surface area contributed by atoms with Gasteiger partial charge in [-0.1, -0.05) is 12.1 Å². The van der Waals surface area contributed by atoms with Crippen molar-refractivity contribution < 1.29 is 13.2 Å². The molecule has 0 radical (unpaired) electrons. The average Bonchev–Trinajstić information content (AvgIpc) is 2.60. The van der Waals surface area contributed by atoms with Gasteiger partial charge in [-0.25, -0.2) is 8.42 Å². The first-order chi connectivity index (χ1) is 12.7. The highest BCUT2D eigenvalue weighted by Gasteiger charge is 2.33. The second-order valence-corrected chi connectivity index (χ2v) is 10.0. The molecule has 2 unspecified atom stereocenters. The lowest BCUT2D eigenvalue weighted by Crippen LogP contribution is -2.58. The first-order valence-electron chi connectivity index (χ1n) is 9.23. The Morgan fingerprint density at radius 3 is 2.67 bits per heavy atom. The minimum atomic E-state index is -3.77. The first-order valence-corrected chi connectivity index (χ1v) is 12.1. The van der Waals surface area contributed by atoms with Gasteiger partial charge in [-0.15, -0.1) is 0 Å². The van der Waals surface area contributed by atoms with Gasteiger partial charge in [0.15, 0.2) is 0 Å². The molecule has 1 heterocycles. The topological polar surface area (TPSA) is 69.7 Å². The number of thioether (sulfide) groups is 1. The summed E-state index contributed by atoms with van der Waals surface area (Å²) < 4.78 is 28.7. The lowest BCUT2D eigenvalue weighted by molar-refractivity contribution is -0.137. The average molecular weight is 414 g/mol. The lowest BCUT2D eigenvalue weighted by Gasteiger charge is -2.40. The van der Waals surface area contributed by atoms with Crippen molar-refractivity contribution in [1.82, 2.24) is 14.5 Å². The number of hydrogen-bond acceptors (Lipinski definition) is 5. The van der Waals surface area contributed by atoms with Gasteiger partial charge in [0.25, 0.3) is 0 Å². The minimum absolute atomic E-state index is 0.0678. The molecule has 1 aliphatic heterocycles. The van der Waals surface area contributed by atoms with Crippen LogP contribution in [0.4, 0.5) is 0 Å². The van der Waals surface area contributed by atoms with E-state index in [0.29, 0.717) is 24.3 Å². The molecule has 6 nitrogen and oxygen atoms in total. The van der Waals surface area contributed by atoms with Crippen LogP contribution >= 0.6 is 11.8 Å². The van der Waals surface area contributed by atoms with E-state index in [4.69, 9.17) is 0 Å². The van der Waals surface area contributed by atoms with Crippen molar-refractivity contribution in [1.29, 1.82) is 0 Å². The van der Waals surface area contributed by atoms with Crippen molar-refractivity contribution in [3.05, 3.63) is 29.3 Å². The Morgan fingerprint density at radius 2 is 2.04 bits per heavy atom. The number of hydrogen-bond donors (Lipinski definition) is 1. The number of nitrogens with zero attached hydrogens (tertiary/aromatic N) is 2. The molecular formula is C19H31N3O3S2. The van der Waals surface area contributed by atoms with Gasteiger partial charge >= 0.3 is 0 Å². The molecule has 0 spiro atoms. The smallest absolute Gasteiger partial charge is 0.241 e. The van der Waals surface area contributed by atoms with Crippen LogP contribution in [0.3, 0.4) is 0 Å². The van der Waals surface area contributed by atoms with Gasteiger partial charge in [0.05, 0.1) is 4.90 Å². The zero-order valence-corrected chi connectivity index (χ0v) is 18.5. The number of nitrogens with one attached hydrogen (secondary N) is 1. The van der Waals surface area contributed by atoms with Gasteiger partial charge in [0, 0.05) is 25.7 Å². The number of piperazine rings is 1. The Kier molecular flexibility index (Phi) is 7.73. The van der Waals surface area contributed by atoms with Gasteiger partial charge in [0.2, 0.25) is 15.9 Å². The zero-order valence-electron chi connectivity index (χ0n) is 16.9. The van der Waals surface area contributed by atoms with Crippen LogP contribution in [-0.4, -0.2) is 74.9 Å². The number of sulfonamides is 1. The van der Waals surface area contributed by atoms with Crippen molar-refractivity contribution in [2.24, 2.45) is 0 Å². The zero-order chi connectivity index (χ0) is 20.2. The molecule has 2 atom stereocenters. The van der Waals surface area contributed by atoms with E-state index in [-0.39, 0.29) is 16.8 Å². The second-order valence-electron chi connectivity index (χ2n) is 7.37. The molecule has 0 aromatic heterocycles. The van der Waals surface area contributed by atoms with Crippen LogP contribution in [0.25, 0.3) is 0 Å². The normalized spacial score (nSPS) is 19.9. The van der Waals surface area contributed by atoms with Gasteiger partial charge < -0.3 is 9.80 Å². The highest BCUT2D eigenvalue weighted by Crippen LogP contribution is 2.19. The van der Waals surface area contributed by atoms with E-state index >= 15 is 0 Å². The van der Waals surface area contributed by atoms with E-state index in [1.54, 1.807) is 30.8 Å². The molecule has 1 aromatic carbocycles. The number of likely N-dealkylation sites (N-methyl/N-ethyl adjacent to an activating group) is 1. The summed E-state index contributed by atoms with van der Waals surface area (Å²) in [6.07, 6.45) is 2.43. The molecule has 2 rings (SSSR count). The van der Waals surface area contributed by atoms with Gasteiger partial charge in [-0.05, 0) is 63.4 Å². The minimum Gasteiger partial charge on any atom is -0.336 e. The monoisotopic (exact) mass is 413 g/mol. The summed E-state index contributed by atoms with van der Waals surface area (Å²) in [5.41, 5.74) is 1.55. The van der Waals surface area contributed by atoms with Crippen LogP contribution < -0.4 is 4.72 Å². The van der Waals surface area contributed by atoms with Crippen molar-refractivity contribution in [2.75, 3.05) is 38.7 Å². The maximum absolute atomic E-state index is 13.2. The number of amides is 1. The largest absolute Gasteiger partial charge is 0.336 e. The van der Waals surface area contributed by atoms with Gasteiger partial charge in [-0.2, -0.15) is 16.5 Å². The van der Waals surface area contributed by atoms with Crippen molar-refractivity contribution in [3.63, 3.8) is 0 Å². The number of rotatable bonds is 7. The number of aryl methyl sites for hydroxylation is 2. The summed E-state index contributed by atoms with van der Waals surface area (Å²) in [4.78, 5) is 17.4. The van der Waals surface area contributed by atoms with Crippen molar-refractivity contribution in [3.8, 4) is 0 Å². The van der Waals surface area contributed by atoms with E-state index in [9.17, 15) is 13.2 Å². The molecule has 1 amide bonds. The Bertz CT molecular complexity index is 767. The lowest BCUT2D eigenvalue weighted by atomic mass is 10.1. The van der Waals surface area contributed by atoms with E-state index in [1.807, 2.05) is 38.1 Å². The van der Waals surface area contributed by atoms with Gasteiger partial charge in [-0.3, -0.25) is 4.79 Å². The quantitative estimate of drug-likeness (QED) is 0.739. The molecule has 0 aliphatic carbocycles. The predicted molar refractivity (Wildman–Crippen MR) is 112 cm³/mol. The highest BCUT2D eigenvalue weighted by atomic mass is 32.2. The van der Waals surface area contributed by atoms with Crippen LogP contribution in [0.1, 0.15) is 24.5 Å². The molecule has 1 saturated heterocycles. The van der Waals surface area contributed by atoms with Crippen LogP contribution in [0, 0.1) is 13.8 Å². The SMILES string of the molecule is CSCCC(NS(=O)(=O)c1cc(C)ccc1C)C(=O)N1CCN(C)CC1C. The third kappa shape index (κ3) is 5.70. The molecule has 1 N–H and O–H groups in total. The third-order valence-corrected chi connectivity index (χ3v) is 7.21. The fourth-order valence-corrected chi connectivity index (χ4v) is 5.41. The molecule has 8 heteroatoms.